The molecule has 3 saturated carbocycles. The molecule has 5 rings (SSSR count). The van der Waals surface area contributed by atoms with Crippen LogP contribution in [0.5, 0.6) is 0 Å². The first-order chi connectivity index (χ1) is 16.6. The number of amides is 5. The van der Waals surface area contributed by atoms with E-state index in [1.807, 2.05) is 0 Å². The van der Waals surface area contributed by atoms with Crippen LogP contribution in [0.4, 0.5) is 0 Å². The van der Waals surface area contributed by atoms with Gasteiger partial charge in [-0.3, -0.25) is 24.0 Å². The maximum Gasteiger partial charge on any atom is 0.246 e. The lowest BCUT2D eigenvalue weighted by Gasteiger charge is -2.34. The van der Waals surface area contributed by atoms with Gasteiger partial charge in [0.15, 0.2) is 0 Å². The monoisotopic (exact) mass is 487 g/mol. The average molecular weight is 488 g/mol. The maximum absolute atomic E-state index is 13.6. The van der Waals surface area contributed by atoms with Crippen molar-refractivity contribution >= 4 is 29.5 Å². The maximum atomic E-state index is 13.6. The molecule has 0 aromatic carbocycles. The summed E-state index contributed by atoms with van der Waals surface area (Å²) in [5.74, 6) is -1.16. The molecule has 10 nitrogen and oxygen atoms in total. The first-order valence-electron chi connectivity index (χ1n) is 13.1. The van der Waals surface area contributed by atoms with Crippen molar-refractivity contribution in [2.45, 2.75) is 76.9 Å². The molecule has 0 bridgehead atoms. The van der Waals surface area contributed by atoms with Crippen molar-refractivity contribution in [3.8, 4) is 0 Å². The second kappa shape index (κ2) is 8.78. The number of rotatable bonds is 10. The number of fused-ring (bicyclic) bond motifs is 1. The molecule has 0 aromatic heterocycles. The molecule has 0 unspecified atom stereocenters. The van der Waals surface area contributed by atoms with Crippen LogP contribution in [0.2, 0.25) is 0 Å². The smallest absolute Gasteiger partial charge is 0.246 e. The lowest BCUT2D eigenvalue weighted by Crippen LogP contribution is -2.58. The third kappa shape index (κ3) is 4.63. The molecule has 3 aliphatic carbocycles. The lowest BCUT2D eigenvalue weighted by atomic mass is 9.96. The molecular formula is C25H37N5O5. The summed E-state index contributed by atoms with van der Waals surface area (Å²) in [6.45, 7) is 5.29. The van der Waals surface area contributed by atoms with Crippen LogP contribution >= 0.6 is 0 Å². The van der Waals surface area contributed by atoms with Crippen LogP contribution in [0.3, 0.4) is 0 Å². The Morgan fingerprint density at radius 1 is 1.09 bits per heavy atom. The fourth-order valence-electron chi connectivity index (χ4n) is 6.25. The Morgan fingerprint density at radius 2 is 1.80 bits per heavy atom. The standard InChI is InChI=1S/C25H37N5O5/c1-25(2)15-11-30(24(35)18(12-3-4-12)29-22(33)13-5-6-13)19(17(15)25)23(34)28-16(20(26)31)8-7-14-9-10-27-21(14)32/h12-19H,3-11H2,1-2H3,(H2,26,31)(H,27,32)(H,28,34)(H,29,33)/t14-,15+,16+,17+,18+,19+/m1/s1. The molecule has 35 heavy (non-hydrogen) atoms. The van der Waals surface area contributed by atoms with Crippen LogP contribution in [-0.4, -0.2) is 65.7 Å². The van der Waals surface area contributed by atoms with Gasteiger partial charge in [-0.2, -0.15) is 0 Å². The molecule has 5 fully saturated rings. The minimum Gasteiger partial charge on any atom is -0.368 e. The van der Waals surface area contributed by atoms with Gasteiger partial charge in [-0.05, 0) is 68.1 Å². The third-order valence-electron chi connectivity index (χ3n) is 8.99. The van der Waals surface area contributed by atoms with Crippen LogP contribution in [0.15, 0.2) is 0 Å². The second-order valence-corrected chi connectivity index (χ2v) is 11.8. The van der Waals surface area contributed by atoms with E-state index < -0.39 is 24.0 Å². The Hall–Kier alpha value is -2.65. The summed E-state index contributed by atoms with van der Waals surface area (Å²) in [6, 6.07) is -2.19. The number of carbonyl (C=O) groups excluding carboxylic acids is 5. The summed E-state index contributed by atoms with van der Waals surface area (Å²) < 4.78 is 0. The van der Waals surface area contributed by atoms with Gasteiger partial charge < -0.3 is 26.6 Å². The second-order valence-electron chi connectivity index (χ2n) is 11.8. The molecule has 0 aromatic rings. The lowest BCUT2D eigenvalue weighted by molar-refractivity contribution is -0.144. The van der Waals surface area contributed by atoms with Gasteiger partial charge in [0.2, 0.25) is 29.5 Å². The summed E-state index contributed by atoms with van der Waals surface area (Å²) in [4.78, 5) is 65.3. The quantitative estimate of drug-likeness (QED) is 0.332. The van der Waals surface area contributed by atoms with Crippen molar-refractivity contribution in [2.75, 3.05) is 13.1 Å². The van der Waals surface area contributed by atoms with E-state index in [0.717, 1.165) is 25.7 Å². The summed E-state index contributed by atoms with van der Waals surface area (Å²) >= 11 is 0. The number of likely N-dealkylation sites (tertiary alicyclic amines) is 1. The van der Waals surface area contributed by atoms with Crippen molar-refractivity contribution in [3.63, 3.8) is 0 Å². The largest absolute Gasteiger partial charge is 0.368 e. The molecule has 5 amide bonds. The predicted molar refractivity (Wildman–Crippen MR) is 125 cm³/mol. The Bertz CT molecular complexity index is 943. The minimum absolute atomic E-state index is 0.000395. The first kappa shape index (κ1) is 24.1. The highest BCUT2D eigenvalue weighted by atomic mass is 16.2. The molecule has 2 aliphatic heterocycles. The molecule has 0 radical (unpaired) electrons. The van der Waals surface area contributed by atoms with Crippen molar-refractivity contribution in [2.24, 2.45) is 40.7 Å². The first-order valence-corrected chi connectivity index (χ1v) is 13.1. The van der Waals surface area contributed by atoms with E-state index in [1.54, 1.807) is 4.90 Å². The highest BCUT2D eigenvalue weighted by Gasteiger charge is 2.70. The van der Waals surface area contributed by atoms with Crippen LogP contribution in [0.1, 0.15) is 58.8 Å². The zero-order chi connectivity index (χ0) is 25.1. The van der Waals surface area contributed by atoms with Crippen LogP contribution < -0.4 is 21.7 Å². The highest BCUT2D eigenvalue weighted by molar-refractivity contribution is 5.96. The van der Waals surface area contributed by atoms with Gasteiger partial charge in [-0.15, -0.1) is 0 Å². The molecule has 10 heteroatoms. The van der Waals surface area contributed by atoms with Gasteiger partial charge in [-0.25, -0.2) is 0 Å². The third-order valence-corrected chi connectivity index (χ3v) is 8.99. The average Bonchev–Trinajstić information content (AvgIpc) is 3.75. The van der Waals surface area contributed by atoms with Gasteiger partial charge in [0.1, 0.15) is 18.1 Å². The summed E-state index contributed by atoms with van der Waals surface area (Å²) in [6.07, 6.45) is 4.95. The zero-order valence-corrected chi connectivity index (χ0v) is 20.5. The fourth-order valence-corrected chi connectivity index (χ4v) is 6.25. The number of primary amides is 1. The number of carbonyl (C=O) groups is 5. The van der Waals surface area contributed by atoms with E-state index in [0.29, 0.717) is 25.9 Å². The molecule has 6 atom stereocenters. The SMILES string of the molecule is CC1(C)[C@@H]2[C@@H](C(=O)N[C@@H](CC[C@@H]3CCNC3=O)C(N)=O)N(C(=O)[C@@H](NC(=O)C3CC3)C3CC3)C[C@@H]21. The predicted octanol–water partition coefficient (Wildman–Crippen LogP) is -0.339. The Balaban J connectivity index is 1.28. The Kier molecular flexibility index (Phi) is 6.04. The van der Waals surface area contributed by atoms with Gasteiger partial charge in [0, 0.05) is 24.9 Å². The minimum atomic E-state index is -0.900. The van der Waals surface area contributed by atoms with Gasteiger partial charge >= 0.3 is 0 Å². The van der Waals surface area contributed by atoms with Crippen molar-refractivity contribution in [3.05, 3.63) is 0 Å². The summed E-state index contributed by atoms with van der Waals surface area (Å²) in [5, 5.41) is 8.55. The normalized spacial score (nSPS) is 32.3. The van der Waals surface area contributed by atoms with Crippen molar-refractivity contribution in [1.82, 2.24) is 20.9 Å². The number of nitrogens with two attached hydrogens (primary N) is 1. The Morgan fingerprint density at radius 3 is 2.37 bits per heavy atom. The topological polar surface area (TPSA) is 151 Å². The summed E-state index contributed by atoms with van der Waals surface area (Å²) in [7, 11) is 0. The van der Waals surface area contributed by atoms with Crippen LogP contribution in [-0.2, 0) is 24.0 Å². The zero-order valence-electron chi connectivity index (χ0n) is 20.5. The number of nitrogens with zero attached hydrogens (tertiary/aromatic N) is 1. The van der Waals surface area contributed by atoms with Crippen molar-refractivity contribution < 1.29 is 24.0 Å². The van der Waals surface area contributed by atoms with Crippen LogP contribution in [0, 0.1) is 35.0 Å². The fraction of sp³-hybridized carbons (Fsp3) is 0.800. The molecule has 5 aliphatic rings. The number of piperidine rings is 1. The van der Waals surface area contributed by atoms with E-state index in [4.69, 9.17) is 5.73 Å². The highest BCUT2D eigenvalue weighted by Crippen LogP contribution is 2.65. The summed E-state index contributed by atoms with van der Waals surface area (Å²) in [5.41, 5.74) is 5.52. The van der Waals surface area contributed by atoms with Gasteiger partial charge in [0.05, 0.1) is 0 Å². The van der Waals surface area contributed by atoms with E-state index >= 15 is 0 Å². The number of hydrogen-bond acceptors (Lipinski definition) is 5. The molecular weight excluding hydrogens is 450 g/mol. The van der Waals surface area contributed by atoms with Crippen LogP contribution in [0.25, 0.3) is 0 Å². The molecule has 0 spiro atoms. The van der Waals surface area contributed by atoms with E-state index in [9.17, 15) is 24.0 Å². The Labute approximate surface area is 205 Å². The van der Waals surface area contributed by atoms with Gasteiger partial charge in [-0.1, -0.05) is 13.8 Å². The molecule has 2 heterocycles. The number of nitrogens with one attached hydrogen (secondary N) is 3. The van der Waals surface area contributed by atoms with Crippen molar-refractivity contribution in [1.29, 1.82) is 0 Å². The molecule has 2 saturated heterocycles. The van der Waals surface area contributed by atoms with Gasteiger partial charge in [0.25, 0.3) is 0 Å². The van der Waals surface area contributed by atoms with E-state index in [1.165, 1.54) is 0 Å². The molecule has 5 N–H and O–H groups in total. The number of hydrogen-bond donors (Lipinski definition) is 4. The van der Waals surface area contributed by atoms with E-state index in [2.05, 4.69) is 29.8 Å². The van der Waals surface area contributed by atoms with E-state index in [-0.39, 0.29) is 65.1 Å². The molecule has 192 valence electrons.